The second-order valence-electron chi connectivity index (χ2n) is 5.47. The van der Waals surface area contributed by atoms with Gasteiger partial charge in [0.1, 0.15) is 10.7 Å². The zero-order valence-corrected chi connectivity index (χ0v) is 14.3. The fourth-order valence-electron chi connectivity index (χ4n) is 2.51. The molecule has 0 saturated heterocycles. The summed E-state index contributed by atoms with van der Waals surface area (Å²) in [4.78, 5) is 17.8. The quantitative estimate of drug-likeness (QED) is 0.523. The first-order valence-corrected chi connectivity index (χ1v) is 8.70. The number of benzene rings is 2. The van der Waals surface area contributed by atoms with Crippen LogP contribution in [0.1, 0.15) is 9.67 Å². The number of furan rings is 1. The van der Waals surface area contributed by atoms with Gasteiger partial charge in [0.25, 0.3) is 5.91 Å². The Morgan fingerprint density at radius 2 is 1.77 bits per heavy atom. The Morgan fingerprint density at radius 1 is 1.00 bits per heavy atom. The van der Waals surface area contributed by atoms with Gasteiger partial charge in [0.2, 0.25) is 0 Å². The van der Waals surface area contributed by atoms with Crippen molar-refractivity contribution in [1.29, 1.82) is 0 Å². The molecule has 2 aromatic carbocycles. The van der Waals surface area contributed by atoms with Gasteiger partial charge in [0.15, 0.2) is 10.8 Å². The maximum absolute atomic E-state index is 13.9. The number of nitrogens with zero attached hydrogens (tertiary/aromatic N) is 1. The van der Waals surface area contributed by atoms with E-state index in [9.17, 15) is 9.18 Å². The minimum absolute atomic E-state index is 0.129. The molecule has 0 aliphatic carbocycles. The Bertz CT molecular complexity index is 1040. The van der Waals surface area contributed by atoms with E-state index in [0.29, 0.717) is 21.3 Å². The van der Waals surface area contributed by atoms with Crippen LogP contribution in [-0.2, 0) is 0 Å². The van der Waals surface area contributed by atoms with Gasteiger partial charge >= 0.3 is 0 Å². The largest absolute Gasteiger partial charge is 0.462 e. The Balaban J connectivity index is 1.76. The molecule has 4 aromatic rings. The van der Waals surface area contributed by atoms with Crippen LogP contribution in [0.15, 0.2) is 77.4 Å². The highest BCUT2D eigenvalue weighted by Crippen LogP contribution is 2.34. The standard InChI is InChI=1S/C20H13FN2O2S/c21-14-9-4-5-10-15(14)22-19(24)18-17(13-7-2-1-3-8-13)23-20(26-18)16-11-6-12-25-16/h1-12H,(H,22,24). The van der Waals surface area contributed by atoms with Gasteiger partial charge in [-0.25, -0.2) is 9.37 Å². The molecule has 0 atom stereocenters. The fraction of sp³-hybridized carbons (Fsp3) is 0. The highest BCUT2D eigenvalue weighted by molar-refractivity contribution is 7.17. The molecular weight excluding hydrogens is 351 g/mol. The van der Waals surface area contributed by atoms with Crippen LogP contribution in [0.5, 0.6) is 0 Å². The predicted molar refractivity (Wildman–Crippen MR) is 99.6 cm³/mol. The van der Waals surface area contributed by atoms with Crippen molar-refractivity contribution in [1.82, 2.24) is 4.98 Å². The number of thiazole rings is 1. The number of aromatic nitrogens is 1. The van der Waals surface area contributed by atoms with Gasteiger partial charge in [0, 0.05) is 5.56 Å². The number of carbonyl (C=O) groups excluding carboxylic acids is 1. The molecule has 26 heavy (non-hydrogen) atoms. The van der Waals surface area contributed by atoms with Gasteiger partial charge in [0.05, 0.1) is 17.6 Å². The van der Waals surface area contributed by atoms with Gasteiger partial charge in [-0.1, -0.05) is 42.5 Å². The van der Waals surface area contributed by atoms with Crippen molar-refractivity contribution in [2.24, 2.45) is 0 Å². The average molecular weight is 364 g/mol. The molecule has 0 spiro atoms. The third-order valence-electron chi connectivity index (χ3n) is 3.73. The van der Waals surface area contributed by atoms with Crippen molar-refractivity contribution < 1.29 is 13.6 Å². The number of para-hydroxylation sites is 1. The second kappa shape index (κ2) is 6.93. The topological polar surface area (TPSA) is 55.1 Å². The lowest BCUT2D eigenvalue weighted by Gasteiger charge is -2.06. The van der Waals surface area contributed by atoms with Crippen LogP contribution in [0, 0.1) is 5.82 Å². The van der Waals surface area contributed by atoms with Crippen molar-refractivity contribution in [3.8, 4) is 22.0 Å². The molecule has 2 heterocycles. The molecule has 4 nitrogen and oxygen atoms in total. The summed E-state index contributed by atoms with van der Waals surface area (Å²) in [5.74, 6) is -0.320. The van der Waals surface area contributed by atoms with Crippen LogP contribution in [-0.4, -0.2) is 10.9 Å². The Hall–Kier alpha value is -3.25. The van der Waals surface area contributed by atoms with Crippen LogP contribution in [0.25, 0.3) is 22.0 Å². The van der Waals surface area contributed by atoms with Crippen molar-refractivity contribution in [2.75, 3.05) is 5.32 Å². The Kier molecular flexibility index (Phi) is 4.33. The van der Waals surface area contributed by atoms with Crippen molar-refractivity contribution in [2.45, 2.75) is 0 Å². The first-order chi connectivity index (χ1) is 12.7. The zero-order chi connectivity index (χ0) is 17.9. The minimum atomic E-state index is -0.488. The lowest BCUT2D eigenvalue weighted by Crippen LogP contribution is -2.12. The number of hydrogen-bond donors (Lipinski definition) is 1. The first kappa shape index (κ1) is 16.2. The SMILES string of the molecule is O=C(Nc1ccccc1F)c1sc(-c2ccco2)nc1-c1ccccc1. The number of amides is 1. The van der Waals surface area contributed by atoms with E-state index in [0.717, 1.165) is 5.56 Å². The van der Waals surface area contributed by atoms with Gasteiger partial charge in [-0.05, 0) is 24.3 Å². The summed E-state index contributed by atoms with van der Waals surface area (Å²) in [5.41, 5.74) is 1.47. The van der Waals surface area contributed by atoms with Gasteiger partial charge in [-0.15, -0.1) is 11.3 Å². The maximum Gasteiger partial charge on any atom is 0.268 e. The third-order valence-corrected chi connectivity index (χ3v) is 4.80. The summed E-state index contributed by atoms with van der Waals surface area (Å²) in [6, 6.07) is 19.0. The average Bonchev–Trinajstić information content (AvgIpc) is 3.34. The number of carbonyl (C=O) groups is 1. The van der Waals surface area contributed by atoms with Crippen molar-refractivity contribution in [3.63, 3.8) is 0 Å². The molecule has 1 N–H and O–H groups in total. The Labute approximate surface area is 152 Å². The summed E-state index contributed by atoms with van der Waals surface area (Å²) in [6.07, 6.45) is 1.55. The smallest absolute Gasteiger partial charge is 0.268 e. The third kappa shape index (κ3) is 3.14. The monoisotopic (exact) mass is 364 g/mol. The number of anilines is 1. The number of hydrogen-bond acceptors (Lipinski definition) is 4. The van der Waals surface area contributed by atoms with E-state index in [4.69, 9.17) is 4.42 Å². The molecule has 1 amide bonds. The summed E-state index contributed by atoms with van der Waals surface area (Å²) < 4.78 is 19.3. The van der Waals surface area contributed by atoms with Crippen LogP contribution in [0.3, 0.4) is 0 Å². The molecule has 128 valence electrons. The lowest BCUT2D eigenvalue weighted by molar-refractivity contribution is 0.103. The molecule has 0 radical (unpaired) electrons. The normalized spacial score (nSPS) is 10.7. The van der Waals surface area contributed by atoms with E-state index in [2.05, 4.69) is 10.3 Å². The molecule has 0 aliphatic rings. The van der Waals surface area contributed by atoms with Crippen molar-refractivity contribution in [3.05, 3.63) is 83.7 Å². The molecule has 0 aliphatic heterocycles. The molecular formula is C20H13FN2O2S. The predicted octanol–water partition coefficient (Wildman–Crippen LogP) is 5.46. The number of rotatable bonds is 4. The highest BCUT2D eigenvalue weighted by atomic mass is 32.1. The van der Waals surface area contributed by atoms with Gasteiger partial charge in [-0.3, -0.25) is 4.79 Å². The summed E-state index contributed by atoms with van der Waals surface area (Å²) in [6.45, 7) is 0. The molecule has 0 bridgehead atoms. The van der Waals surface area contributed by atoms with E-state index < -0.39 is 11.7 Å². The first-order valence-electron chi connectivity index (χ1n) is 7.88. The van der Waals surface area contributed by atoms with Crippen LogP contribution in [0.4, 0.5) is 10.1 Å². The van der Waals surface area contributed by atoms with Crippen LogP contribution in [0.2, 0.25) is 0 Å². The minimum Gasteiger partial charge on any atom is -0.462 e. The molecule has 0 saturated carbocycles. The molecule has 6 heteroatoms. The lowest BCUT2D eigenvalue weighted by atomic mass is 10.1. The summed E-state index contributed by atoms with van der Waals surface area (Å²) in [7, 11) is 0. The number of halogens is 1. The summed E-state index contributed by atoms with van der Waals surface area (Å²) >= 11 is 1.21. The molecule has 0 unspecified atom stereocenters. The van der Waals surface area contributed by atoms with Crippen molar-refractivity contribution >= 4 is 22.9 Å². The second-order valence-corrected chi connectivity index (χ2v) is 6.47. The zero-order valence-electron chi connectivity index (χ0n) is 13.5. The fourth-order valence-corrected chi connectivity index (χ4v) is 3.46. The number of nitrogens with one attached hydrogen (secondary N) is 1. The van der Waals surface area contributed by atoms with E-state index in [1.54, 1.807) is 30.5 Å². The molecule has 0 fully saturated rings. The van der Waals surface area contributed by atoms with E-state index in [1.165, 1.54) is 23.5 Å². The van der Waals surface area contributed by atoms with Crippen LogP contribution >= 0.6 is 11.3 Å². The van der Waals surface area contributed by atoms with Gasteiger partial charge in [-0.2, -0.15) is 0 Å². The summed E-state index contributed by atoms with van der Waals surface area (Å²) in [5, 5.41) is 3.21. The Morgan fingerprint density at radius 3 is 2.50 bits per heavy atom. The molecule has 4 rings (SSSR count). The van der Waals surface area contributed by atoms with Crippen LogP contribution < -0.4 is 5.32 Å². The molecule has 2 aromatic heterocycles. The highest BCUT2D eigenvalue weighted by Gasteiger charge is 2.22. The van der Waals surface area contributed by atoms with E-state index in [1.807, 2.05) is 30.3 Å². The van der Waals surface area contributed by atoms with E-state index >= 15 is 0 Å². The van der Waals surface area contributed by atoms with Gasteiger partial charge < -0.3 is 9.73 Å². The maximum atomic E-state index is 13.9. The van der Waals surface area contributed by atoms with E-state index in [-0.39, 0.29) is 5.69 Å².